The second kappa shape index (κ2) is 5.21. The molecule has 0 fully saturated rings. The molecule has 1 amide bonds. The minimum Gasteiger partial charge on any atom is -0.484 e. The molecule has 0 aromatic heterocycles. The molecule has 104 valence electrons. The Morgan fingerprint density at radius 3 is 2.89 bits per heavy atom. The van der Waals surface area contributed by atoms with Crippen LogP contribution in [0.2, 0.25) is 0 Å². The lowest BCUT2D eigenvalue weighted by Gasteiger charge is -2.20. The molecule has 4 heteroatoms. The first kappa shape index (κ1) is 13.9. The lowest BCUT2D eigenvalue weighted by molar-refractivity contribution is -0.124. The zero-order valence-corrected chi connectivity index (χ0v) is 11.8. The SMILES string of the molecule is CC(C)(C)NC(=O)COc1ccc2c(c1)CCC2N. The van der Waals surface area contributed by atoms with E-state index in [0.29, 0.717) is 0 Å². The number of carbonyl (C=O) groups is 1. The third-order valence-corrected chi connectivity index (χ3v) is 3.12. The maximum Gasteiger partial charge on any atom is 0.258 e. The van der Waals surface area contributed by atoms with E-state index in [0.717, 1.165) is 18.6 Å². The number of carbonyl (C=O) groups excluding carboxylic acids is 1. The van der Waals surface area contributed by atoms with Crippen LogP contribution in [0, 0.1) is 0 Å². The Bertz CT molecular complexity index is 478. The zero-order valence-electron chi connectivity index (χ0n) is 11.8. The molecule has 19 heavy (non-hydrogen) atoms. The van der Waals surface area contributed by atoms with Gasteiger partial charge in [-0.2, -0.15) is 0 Å². The first-order valence-electron chi connectivity index (χ1n) is 6.67. The summed E-state index contributed by atoms with van der Waals surface area (Å²) in [7, 11) is 0. The van der Waals surface area contributed by atoms with Gasteiger partial charge >= 0.3 is 0 Å². The first-order chi connectivity index (χ1) is 8.85. The van der Waals surface area contributed by atoms with Crippen LogP contribution < -0.4 is 15.8 Å². The molecular formula is C15H22N2O2. The Labute approximate surface area is 114 Å². The first-order valence-corrected chi connectivity index (χ1v) is 6.67. The van der Waals surface area contributed by atoms with Crippen molar-refractivity contribution in [3.05, 3.63) is 29.3 Å². The van der Waals surface area contributed by atoms with Crippen LogP contribution in [-0.4, -0.2) is 18.1 Å². The number of ether oxygens (including phenoxy) is 1. The predicted octanol–water partition coefficient (Wildman–Crippen LogP) is 1.93. The molecule has 2 rings (SSSR count). The number of rotatable bonds is 3. The van der Waals surface area contributed by atoms with E-state index in [1.165, 1.54) is 11.1 Å². The largest absolute Gasteiger partial charge is 0.484 e. The van der Waals surface area contributed by atoms with E-state index in [9.17, 15) is 4.79 Å². The van der Waals surface area contributed by atoms with Crippen LogP contribution in [0.25, 0.3) is 0 Å². The van der Waals surface area contributed by atoms with Crippen molar-refractivity contribution < 1.29 is 9.53 Å². The van der Waals surface area contributed by atoms with E-state index < -0.39 is 0 Å². The van der Waals surface area contributed by atoms with Gasteiger partial charge in [0, 0.05) is 11.6 Å². The number of nitrogens with one attached hydrogen (secondary N) is 1. The summed E-state index contributed by atoms with van der Waals surface area (Å²) in [5.41, 5.74) is 8.19. The van der Waals surface area contributed by atoms with Gasteiger partial charge in [-0.3, -0.25) is 4.79 Å². The van der Waals surface area contributed by atoms with Crippen molar-refractivity contribution in [2.75, 3.05) is 6.61 Å². The molecule has 3 N–H and O–H groups in total. The summed E-state index contributed by atoms with van der Waals surface area (Å²) in [5, 5.41) is 2.86. The molecular weight excluding hydrogens is 240 g/mol. The van der Waals surface area contributed by atoms with Gasteiger partial charge in [-0.15, -0.1) is 0 Å². The van der Waals surface area contributed by atoms with E-state index >= 15 is 0 Å². The molecule has 1 aromatic carbocycles. The maximum atomic E-state index is 11.7. The summed E-state index contributed by atoms with van der Waals surface area (Å²) in [6.45, 7) is 5.88. The Kier molecular flexibility index (Phi) is 3.80. The number of hydrogen-bond acceptors (Lipinski definition) is 3. The number of benzene rings is 1. The van der Waals surface area contributed by atoms with E-state index in [-0.39, 0.29) is 24.1 Å². The molecule has 0 bridgehead atoms. The lowest BCUT2D eigenvalue weighted by atomic mass is 10.1. The average molecular weight is 262 g/mol. The van der Waals surface area contributed by atoms with Crippen LogP contribution in [0.1, 0.15) is 44.4 Å². The molecule has 0 heterocycles. The Hall–Kier alpha value is -1.55. The average Bonchev–Trinajstić information content (AvgIpc) is 2.66. The van der Waals surface area contributed by atoms with Gasteiger partial charge in [-0.25, -0.2) is 0 Å². The quantitative estimate of drug-likeness (QED) is 0.874. The highest BCUT2D eigenvalue weighted by Crippen LogP contribution is 2.31. The summed E-state index contributed by atoms with van der Waals surface area (Å²) in [6.07, 6.45) is 1.98. The maximum absolute atomic E-state index is 11.7. The van der Waals surface area contributed by atoms with Crippen molar-refractivity contribution in [2.45, 2.75) is 45.2 Å². The van der Waals surface area contributed by atoms with Crippen LogP contribution in [0.4, 0.5) is 0 Å². The van der Waals surface area contributed by atoms with Crippen molar-refractivity contribution in [3.63, 3.8) is 0 Å². The van der Waals surface area contributed by atoms with Crippen LogP contribution in [0.5, 0.6) is 5.75 Å². The molecule has 0 aliphatic heterocycles. The Morgan fingerprint density at radius 1 is 1.47 bits per heavy atom. The number of amides is 1. The van der Waals surface area contributed by atoms with Crippen molar-refractivity contribution in [3.8, 4) is 5.75 Å². The molecule has 1 aliphatic carbocycles. The summed E-state index contributed by atoms with van der Waals surface area (Å²) in [4.78, 5) is 11.7. The Morgan fingerprint density at radius 2 is 2.21 bits per heavy atom. The van der Waals surface area contributed by atoms with Gasteiger partial charge < -0.3 is 15.8 Å². The second-order valence-electron chi connectivity index (χ2n) is 6.09. The molecule has 1 unspecified atom stereocenters. The minimum atomic E-state index is -0.231. The predicted molar refractivity (Wildman–Crippen MR) is 75.1 cm³/mol. The van der Waals surface area contributed by atoms with Crippen LogP contribution in [0.3, 0.4) is 0 Å². The topological polar surface area (TPSA) is 64.3 Å². The number of aryl methyl sites for hydroxylation is 1. The highest BCUT2D eigenvalue weighted by atomic mass is 16.5. The van der Waals surface area contributed by atoms with Gasteiger partial charge in [0.1, 0.15) is 5.75 Å². The van der Waals surface area contributed by atoms with Crippen molar-refractivity contribution >= 4 is 5.91 Å². The molecule has 0 saturated carbocycles. The molecule has 4 nitrogen and oxygen atoms in total. The van der Waals surface area contributed by atoms with Crippen LogP contribution in [0.15, 0.2) is 18.2 Å². The molecule has 0 spiro atoms. The van der Waals surface area contributed by atoms with Gasteiger partial charge in [0.15, 0.2) is 6.61 Å². The third kappa shape index (κ3) is 3.70. The van der Waals surface area contributed by atoms with Gasteiger partial charge in [0.2, 0.25) is 0 Å². The van der Waals surface area contributed by atoms with Gasteiger partial charge in [-0.05, 0) is 56.9 Å². The highest BCUT2D eigenvalue weighted by Gasteiger charge is 2.19. The summed E-state index contributed by atoms with van der Waals surface area (Å²) in [5.74, 6) is 0.626. The normalized spacial score (nSPS) is 18.0. The van der Waals surface area contributed by atoms with Crippen LogP contribution >= 0.6 is 0 Å². The van der Waals surface area contributed by atoms with Gasteiger partial charge in [0.25, 0.3) is 5.91 Å². The zero-order chi connectivity index (χ0) is 14.0. The van der Waals surface area contributed by atoms with Crippen molar-refractivity contribution in [2.24, 2.45) is 5.73 Å². The molecule has 0 radical (unpaired) electrons. The van der Waals surface area contributed by atoms with Gasteiger partial charge in [0.05, 0.1) is 0 Å². The summed E-state index contributed by atoms with van der Waals surface area (Å²) >= 11 is 0. The van der Waals surface area contributed by atoms with E-state index in [1.807, 2.05) is 39.0 Å². The van der Waals surface area contributed by atoms with Crippen molar-refractivity contribution in [1.82, 2.24) is 5.32 Å². The monoisotopic (exact) mass is 262 g/mol. The standard InChI is InChI=1S/C15H22N2O2/c1-15(2,3)17-14(18)9-19-11-5-6-12-10(8-11)4-7-13(12)16/h5-6,8,13H,4,7,9,16H2,1-3H3,(H,17,18). The third-order valence-electron chi connectivity index (χ3n) is 3.12. The molecule has 0 saturated heterocycles. The summed E-state index contributed by atoms with van der Waals surface area (Å²) < 4.78 is 5.52. The molecule has 1 aliphatic rings. The fourth-order valence-electron chi connectivity index (χ4n) is 2.32. The lowest BCUT2D eigenvalue weighted by Crippen LogP contribution is -2.43. The number of fused-ring (bicyclic) bond motifs is 1. The fourth-order valence-corrected chi connectivity index (χ4v) is 2.32. The minimum absolute atomic E-state index is 0.0438. The second-order valence-corrected chi connectivity index (χ2v) is 6.09. The van der Waals surface area contributed by atoms with Gasteiger partial charge in [-0.1, -0.05) is 6.07 Å². The number of hydrogen-bond donors (Lipinski definition) is 2. The van der Waals surface area contributed by atoms with E-state index in [1.54, 1.807) is 0 Å². The van der Waals surface area contributed by atoms with Crippen molar-refractivity contribution in [1.29, 1.82) is 0 Å². The Balaban J connectivity index is 1.92. The molecule has 1 aromatic rings. The summed E-state index contributed by atoms with van der Waals surface area (Å²) in [6, 6.07) is 6.03. The highest BCUT2D eigenvalue weighted by molar-refractivity contribution is 5.78. The molecule has 1 atom stereocenters. The van der Waals surface area contributed by atoms with E-state index in [2.05, 4.69) is 5.32 Å². The fraction of sp³-hybridized carbons (Fsp3) is 0.533. The number of nitrogens with two attached hydrogens (primary N) is 1. The van der Waals surface area contributed by atoms with Crippen LogP contribution in [-0.2, 0) is 11.2 Å². The van der Waals surface area contributed by atoms with E-state index in [4.69, 9.17) is 10.5 Å². The smallest absolute Gasteiger partial charge is 0.258 e.